The van der Waals surface area contributed by atoms with Crippen molar-refractivity contribution < 1.29 is 4.79 Å². The molecular formula is C17H19NOSe. The SMILES string of the molecule is CC(=O)NC(C[Se]c1ccccc1)c1ccc(C)cc1. The minimum atomic E-state index is 0.0273. The van der Waals surface area contributed by atoms with Gasteiger partial charge in [0.25, 0.3) is 0 Å². The van der Waals surface area contributed by atoms with E-state index in [4.69, 9.17) is 0 Å². The van der Waals surface area contributed by atoms with E-state index in [1.165, 1.54) is 15.6 Å². The molecule has 0 aliphatic carbocycles. The van der Waals surface area contributed by atoms with Crippen LogP contribution in [0.1, 0.15) is 24.1 Å². The van der Waals surface area contributed by atoms with Crippen molar-refractivity contribution in [2.75, 3.05) is 0 Å². The Balaban J connectivity index is 2.07. The van der Waals surface area contributed by atoms with Crippen molar-refractivity contribution in [2.45, 2.75) is 25.2 Å². The molecule has 3 heteroatoms. The molecule has 2 rings (SSSR count). The number of amides is 1. The van der Waals surface area contributed by atoms with Gasteiger partial charge in [-0.3, -0.25) is 0 Å². The van der Waals surface area contributed by atoms with Crippen molar-refractivity contribution in [2.24, 2.45) is 0 Å². The van der Waals surface area contributed by atoms with Gasteiger partial charge in [-0.05, 0) is 0 Å². The van der Waals surface area contributed by atoms with Crippen molar-refractivity contribution >= 4 is 25.3 Å². The molecule has 1 atom stereocenters. The fraction of sp³-hybridized carbons (Fsp3) is 0.235. The van der Waals surface area contributed by atoms with Gasteiger partial charge >= 0.3 is 126 Å². The van der Waals surface area contributed by atoms with Crippen LogP contribution in [0.2, 0.25) is 5.32 Å². The molecule has 1 N–H and O–H groups in total. The predicted molar refractivity (Wildman–Crippen MR) is 84.4 cm³/mol. The number of carbonyl (C=O) groups is 1. The zero-order valence-electron chi connectivity index (χ0n) is 11.8. The van der Waals surface area contributed by atoms with Crippen LogP contribution < -0.4 is 9.78 Å². The molecule has 0 heterocycles. The van der Waals surface area contributed by atoms with Crippen molar-refractivity contribution in [3.8, 4) is 0 Å². The van der Waals surface area contributed by atoms with Crippen molar-refractivity contribution in [3.63, 3.8) is 0 Å². The molecule has 0 aliphatic rings. The number of hydrogen-bond acceptors (Lipinski definition) is 1. The molecule has 20 heavy (non-hydrogen) atoms. The summed E-state index contributed by atoms with van der Waals surface area (Å²) in [6.07, 6.45) is 0. The Hall–Kier alpha value is -1.57. The van der Waals surface area contributed by atoms with Gasteiger partial charge in [-0.15, -0.1) is 0 Å². The number of nitrogens with one attached hydrogen (secondary N) is 1. The van der Waals surface area contributed by atoms with Gasteiger partial charge in [0.15, 0.2) is 0 Å². The molecule has 0 radical (unpaired) electrons. The van der Waals surface area contributed by atoms with Crippen molar-refractivity contribution in [1.82, 2.24) is 5.32 Å². The second-order valence-corrected chi connectivity index (χ2v) is 7.08. The number of rotatable bonds is 5. The average molecular weight is 332 g/mol. The van der Waals surface area contributed by atoms with Gasteiger partial charge in [0.1, 0.15) is 0 Å². The summed E-state index contributed by atoms with van der Waals surface area (Å²) in [5.74, 6) is 0.0273. The van der Waals surface area contributed by atoms with Gasteiger partial charge in [-0.1, -0.05) is 0 Å². The summed E-state index contributed by atoms with van der Waals surface area (Å²) in [5, 5.41) is 4.03. The molecule has 104 valence electrons. The molecule has 0 spiro atoms. The maximum absolute atomic E-state index is 11.4. The summed E-state index contributed by atoms with van der Waals surface area (Å²) < 4.78 is 1.36. The third-order valence-corrected chi connectivity index (χ3v) is 5.34. The number of carbonyl (C=O) groups excluding carboxylic acids is 1. The van der Waals surface area contributed by atoms with Crippen LogP contribution in [0.5, 0.6) is 0 Å². The number of aryl methyl sites for hydroxylation is 1. The van der Waals surface area contributed by atoms with Crippen LogP contribution in [0, 0.1) is 6.92 Å². The van der Waals surface area contributed by atoms with Gasteiger partial charge in [0.05, 0.1) is 0 Å². The van der Waals surface area contributed by atoms with E-state index in [-0.39, 0.29) is 11.9 Å². The second-order valence-electron chi connectivity index (χ2n) is 4.79. The predicted octanol–water partition coefficient (Wildman–Crippen LogP) is 2.62. The maximum atomic E-state index is 11.4. The Morgan fingerprint density at radius 2 is 1.75 bits per heavy atom. The Morgan fingerprint density at radius 1 is 1.10 bits per heavy atom. The van der Waals surface area contributed by atoms with E-state index >= 15 is 0 Å². The van der Waals surface area contributed by atoms with Gasteiger partial charge in [0, 0.05) is 0 Å². The topological polar surface area (TPSA) is 29.1 Å². The second kappa shape index (κ2) is 7.28. The summed E-state index contributed by atoms with van der Waals surface area (Å²) in [5.41, 5.74) is 2.42. The van der Waals surface area contributed by atoms with E-state index in [2.05, 4.69) is 60.8 Å². The Morgan fingerprint density at radius 3 is 2.35 bits per heavy atom. The summed E-state index contributed by atoms with van der Waals surface area (Å²) in [4.78, 5) is 11.4. The Bertz CT molecular complexity index is 551. The standard InChI is InChI=1S/C17H19NOSe/c1-13-8-10-15(11-9-13)17(18-14(2)19)12-20-16-6-4-3-5-7-16/h3-11,17H,12H2,1-2H3,(H,18,19). The monoisotopic (exact) mass is 333 g/mol. The zero-order valence-corrected chi connectivity index (χ0v) is 13.5. The summed E-state index contributed by atoms with van der Waals surface area (Å²) in [7, 11) is 0. The van der Waals surface area contributed by atoms with Crippen LogP contribution in [0.25, 0.3) is 0 Å². The van der Waals surface area contributed by atoms with Crippen LogP contribution in [-0.2, 0) is 4.79 Å². The van der Waals surface area contributed by atoms with Crippen molar-refractivity contribution in [3.05, 3.63) is 65.7 Å². The number of benzene rings is 2. The molecule has 0 saturated heterocycles. The Kier molecular flexibility index (Phi) is 5.39. The first-order valence-corrected chi connectivity index (χ1v) is 8.73. The first-order chi connectivity index (χ1) is 9.65. The van der Waals surface area contributed by atoms with E-state index in [1.807, 2.05) is 6.07 Å². The van der Waals surface area contributed by atoms with Gasteiger partial charge < -0.3 is 0 Å². The minimum absolute atomic E-state index is 0.0273. The Labute approximate surface area is 126 Å². The molecule has 2 aromatic carbocycles. The fourth-order valence-corrected chi connectivity index (χ4v) is 4.03. The van der Waals surface area contributed by atoms with Crippen LogP contribution in [0.3, 0.4) is 0 Å². The molecule has 0 saturated carbocycles. The van der Waals surface area contributed by atoms with Crippen LogP contribution in [-0.4, -0.2) is 20.9 Å². The molecule has 1 unspecified atom stereocenters. The van der Waals surface area contributed by atoms with Gasteiger partial charge in [-0.25, -0.2) is 0 Å². The summed E-state index contributed by atoms with van der Waals surface area (Å²) >= 11 is 0.360. The molecule has 2 aromatic rings. The van der Waals surface area contributed by atoms with Crippen LogP contribution >= 0.6 is 0 Å². The normalized spacial score (nSPS) is 11.9. The molecule has 0 fully saturated rings. The molecule has 0 bridgehead atoms. The van der Waals surface area contributed by atoms with Gasteiger partial charge in [0.2, 0.25) is 0 Å². The van der Waals surface area contributed by atoms with E-state index < -0.39 is 0 Å². The zero-order chi connectivity index (χ0) is 14.4. The van der Waals surface area contributed by atoms with E-state index in [0.29, 0.717) is 15.0 Å². The van der Waals surface area contributed by atoms with E-state index in [9.17, 15) is 4.79 Å². The molecule has 2 nitrogen and oxygen atoms in total. The van der Waals surface area contributed by atoms with E-state index in [0.717, 1.165) is 5.32 Å². The summed E-state index contributed by atoms with van der Waals surface area (Å²) in [6, 6.07) is 19.0. The fourth-order valence-electron chi connectivity index (χ4n) is 1.96. The van der Waals surface area contributed by atoms with E-state index in [1.54, 1.807) is 6.92 Å². The van der Waals surface area contributed by atoms with Crippen molar-refractivity contribution in [1.29, 1.82) is 0 Å². The van der Waals surface area contributed by atoms with Gasteiger partial charge in [-0.2, -0.15) is 0 Å². The molecule has 0 aromatic heterocycles. The van der Waals surface area contributed by atoms with Crippen LogP contribution in [0.4, 0.5) is 0 Å². The third kappa shape index (κ3) is 4.52. The molecule has 1 amide bonds. The number of hydrogen-bond donors (Lipinski definition) is 1. The summed E-state index contributed by atoms with van der Waals surface area (Å²) in [6.45, 7) is 3.65. The first-order valence-electron chi connectivity index (χ1n) is 6.66. The van der Waals surface area contributed by atoms with Crippen LogP contribution in [0.15, 0.2) is 54.6 Å². The molecule has 0 aliphatic heterocycles. The average Bonchev–Trinajstić information content (AvgIpc) is 2.45. The third-order valence-electron chi connectivity index (χ3n) is 3.02. The molecular weight excluding hydrogens is 313 g/mol. The quantitative estimate of drug-likeness (QED) is 0.838. The first kappa shape index (κ1) is 14.8.